The molecule has 0 bridgehead atoms. The number of carbonyl (C=O) groups is 1. The maximum absolute atomic E-state index is 12.3. The van der Waals surface area contributed by atoms with Gasteiger partial charge >= 0.3 is 0 Å². The van der Waals surface area contributed by atoms with Crippen LogP contribution in [0.25, 0.3) is 0 Å². The molecule has 1 amide bonds. The van der Waals surface area contributed by atoms with Gasteiger partial charge in [-0.25, -0.2) is 8.42 Å². The molecule has 1 N–H and O–H groups in total. The Hall–Kier alpha value is -0.660. The van der Waals surface area contributed by atoms with E-state index < -0.39 is 9.84 Å². The second kappa shape index (κ2) is 8.15. The average molecular weight is 358 g/mol. The van der Waals surface area contributed by atoms with E-state index in [0.29, 0.717) is 19.6 Å². The summed E-state index contributed by atoms with van der Waals surface area (Å²) >= 11 is 0. The molecule has 0 spiro atoms. The van der Waals surface area contributed by atoms with Crippen LogP contribution in [0.2, 0.25) is 0 Å². The van der Waals surface area contributed by atoms with Gasteiger partial charge in [-0.3, -0.25) is 9.69 Å². The van der Waals surface area contributed by atoms with E-state index in [-0.39, 0.29) is 23.5 Å². The molecule has 0 aromatic carbocycles. The minimum absolute atomic E-state index is 0.0461. The number of rotatable bonds is 5. The van der Waals surface area contributed by atoms with E-state index in [4.69, 9.17) is 0 Å². The monoisotopic (exact) mass is 357 g/mol. The first-order chi connectivity index (χ1) is 11.5. The van der Waals surface area contributed by atoms with Gasteiger partial charge in [0.05, 0.1) is 18.1 Å². The molecule has 3 rings (SSSR count). The zero-order chi connectivity index (χ0) is 17.0. The van der Waals surface area contributed by atoms with Gasteiger partial charge in [0.15, 0.2) is 9.84 Å². The molecule has 1 aliphatic carbocycles. The highest BCUT2D eigenvalue weighted by Gasteiger charge is 2.26. The van der Waals surface area contributed by atoms with Crippen molar-refractivity contribution in [3.63, 3.8) is 0 Å². The van der Waals surface area contributed by atoms with Gasteiger partial charge in [0, 0.05) is 32.2 Å². The Balaban J connectivity index is 1.42. The minimum atomic E-state index is -2.88. The highest BCUT2D eigenvalue weighted by Crippen LogP contribution is 2.27. The first-order valence-electron chi connectivity index (χ1n) is 9.45. The van der Waals surface area contributed by atoms with E-state index in [1.165, 1.54) is 38.6 Å². The van der Waals surface area contributed by atoms with Gasteiger partial charge in [-0.1, -0.05) is 12.8 Å². The molecular weight excluding hydrogens is 326 g/mol. The van der Waals surface area contributed by atoms with E-state index in [1.54, 1.807) is 0 Å². The van der Waals surface area contributed by atoms with Crippen LogP contribution >= 0.6 is 0 Å². The molecule has 2 heterocycles. The fourth-order valence-electron chi connectivity index (χ4n) is 3.93. The van der Waals surface area contributed by atoms with Crippen LogP contribution in [0.15, 0.2) is 0 Å². The van der Waals surface area contributed by atoms with Crippen LogP contribution in [0.1, 0.15) is 38.5 Å². The van der Waals surface area contributed by atoms with Gasteiger partial charge in [-0.2, -0.15) is 0 Å². The molecule has 2 saturated heterocycles. The average Bonchev–Trinajstić information content (AvgIpc) is 2.70. The Bertz CT molecular complexity index is 519. The number of nitrogens with zero attached hydrogens (tertiary/aromatic N) is 2. The molecule has 138 valence electrons. The van der Waals surface area contributed by atoms with Crippen molar-refractivity contribution in [1.29, 1.82) is 0 Å². The highest BCUT2D eigenvalue weighted by atomic mass is 32.2. The lowest BCUT2D eigenvalue weighted by Gasteiger charge is -2.33. The lowest BCUT2D eigenvalue weighted by Crippen LogP contribution is -2.49. The minimum Gasteiger partial charge on any atom is -0.351 e. The Kier molecular flexibility index (Phi) is 6.16. The van der Waals surface area contributed by atoms with Crippen molar-refractivity contribution in [2.45, 2.75) is 44.6 Å². The van der Waals surface area contributed by atoms with Crippen LogP contribution in [-0.4, -0.2) is 80.9 Å². The molecule has 3 fully saturated rings. The van der Waals surface area contributed by atoms with E-state index in [1.807, 2.05) is 4.90 Å². The van der Waals surface area contributed by atoms with Crippen molar-refractivity contribution in [1.82, 2.24) is 15.1 Å². The molecule has 0 aromatic heterocycles. The molecule has 1 saturated carbocycles. The maximum Gasteiger partial charge on any atom is 0.234 e. The first-order valence-corrected chi connectivity index (χ1v) is 11.3. The Morgan fingerprint density at radius 2 is 1.71 bits per heavy atom. The van der Waals surface area contributed by atoms with Gasteiger partial charge in [0.1, 0.15) is 0 Å². The highest BCUT2D eigenvalue weighted by molar-refractivity contribution is 7.91. The molecule has 2 aliphatic heterocycles. The standard InChI is InChI=1S/C17H31N3O3S/c21-17(14-19-8-10-24(22,23)11-9-19)18-16-6-1-2-7-20(13-16)12-15-4-3-5-15/h15-16H,1-14H2,(H,18,21). The molecule has 6 nitrogen and oxygen atoms in total. The second-order valence-corrected chi connectivity index (χ2v) is 10.0. The number of carbonyl (C=O) groups excluding carboxylic acids is 1. The summed E-state index contributed by atoms with van der Waals surface area (Å²) in [7, 11) is -2.88. The summed E-state index contributed by atoms with van der Waals surface area (Å²) in [5, 5.41) is 3.19. The van der Waals surface area contributed by atoms with Crippen LogP contribution in [0, 0.1) is 5.92 Å². The van der Waals surface area contributed by atoms with Gasteiger partial charge in [0.2, 0.25) is 5.91 Å². The lowest BCUT2D eigenvalue weighted by atomic mass is 9.85. The molecule has 0 radical (unpaired) electrons. The first kappa shape index (κ1) is 18.1. The molecular formula is C17H31N3O3S. The van der Waals surface area contributed by atoms with Crippen molar-refractivity contribution in [3.05, 3.63) is 0 Å². The summed E-state index contributed by atoms with van der Waals surface area (Å²) in [5.74, 6) is 1.28. The van der Waals surface area contributed by atoms with E-state index >= 15 is 0 Å². The summed E-state index contributed by atoms with van der Waals surface area (Å²) in [4.78, 5) is 16.8. The van der Waals surface area contributed by atoms with E-state index in [9.17, 15) is 13.2 Å². The predicted octanol–water partition coefficient (Wildman–Crippen LogP) is 0.488. The summed E-state index contributed by atoms with van der Waals surface area (Å²) in [6.07, 6.45) is 7.57. The Labute approximate surface area is 145 Å². The zero-order valence-electron chi connectivity index (χ0n) is 14.6. The maximum atomic E-state index is 12.3. The van der Waals surface area contributed by atoms with Gasteiger partial charge < -0.3 is 10.2 Å². The Morgan fingerprint density at radius 3 is 2.38 bits per heavy atom. The van der Waals surface area contributed by atoms with Crippen molar-refractivity contribution in [3.8, 4) is 0 Å². The van der Waals surface area contributed by atoms with E-state index in [0.717, 1.165) is 25.4 Å². The summed E-state index contributed by atoms with van der Waals surface area (Å²) < 4.78 is 22.9. The molecule has 1 atom stereocenters. The number of sulfone groups is 1. The molecule has 3 aliphatic rings. The largest absolute Gasteiger partial charge is 0.351 e. The smallest absolute Gasteiger partial charge is 0.234 e. The fraction of sp³-hybridized carbons (Fsp3) is 0.941. The molecule has 0 aromatic rings. The van der Waals surface area contributed by atoms with E-state index in [2.05, 4.69) is 10.2 Å². The Morgan fingerprint density at radius 1 is 0.958 bits per heavy atom. The lowest BCUT2D eigenvalue weighted by molar-refractivity contribution is -0.123. The molecule has 7 heteroatoms. The molecule has 1 unspecified atom stereocenters. The van der Waals surface area contributed by atoms with Crippen molar-refractivity contribution >= 4 is 15.7 Å². The number of hydrogen-bond acceptors (Lipinski definition) is 5. The fourth-order valence-corrected chi connectivity index (χ4v) is 5.21. The summed E-state index contributed by atoms with van der Waals surface area (Å²) in [6.45, 7) is 4.61. The normalized spacial score (nSPS) is 29.6. The van der Waals surface area contributed by atoms with Crippen molar-refractivity contribution in [2.75, 3.05) is 50.8 Å². The van der Waals surface area contributed by atoms with Gasteiger partial charge in [-0.15, -0.1) is 0 Å². The number of hydrogen-bond donors (Lipinski definition) is 1. The van der Waals surface area contributed by atoms with Crippen LogP contribution in [0.4, 0.5) is 0 Å². The van der Waals surface area contributed by atoms with Crippen LogP contribution in [-0.2, 0) is 14.6 Å². The summed E-state index contributed by atoms with van der Waals surface area (Å²) in [6, 6.07) is 0.244. The number of amides is 1. The second-order valence-electron chi connectivity index (χ2n) is 7.74. The van der Waals surface area contributed by atoms with Crippen LogP contribution in [0.5, 0.6) is 0 Å². The SMILES string of the molecule is O=C(CN1CCS(=O)(=O)CC1)NC1CCCCN(CC2CCC2)C1. The van der Waals surface area contributed by atoms with Crippen LogP contribution < -0.4 is 5.32 Å². The van der Waals surface area contributed by atoms with Gasteiger partial charge in [0.25, 0.3) is 0 Å². The summed E-state index contributed by atoms with van der Waals surface area (Å²) in [5.41, 5.74) is 0. The third-order valence-corrected chi connectivity index (χ3v) is 7.28. The third kappa shape index (κ3) is 5.43. The topological polar surface area (TPSA) is 69.7 Å². The quantitative estimate of drug-likeness (QED) is 0.775. The van der Waals surface area contributed by atoms with Crippen LogP contribution in [0.3, 0.4) is 0 Å². The predicted molar refractivity (Wildman–Crippen MR) is 94.7 cm³/mol. The van der Waals surface area contributed by atoms with Gasteiger partial charge in [-0.05, 0) is 38.1 Å². The zero-order valence-corrected chi connectivity index (χ0v) is 15.4. The number of likely N-dealkylation sites (tertiary alicyclic amines) is 1. The number of nitrogens with one attached hydrogen (secondary N) is 1. The van der Waals surface area contributed by atoms with Crippen molar-refractivity contribution in [2.24, 2.45) is 5.92 Å². The third-order valence-electron chi connectivity index (χ3n) is 5.67. The molecule has 24 heavy (non-hydrogen) atoms. The van der Waals surface area contributed by atoms with Crippen molar-refractivity contribution < 1.29 is 13.2 Å².